The summed E-state index contributed by atoms with van der Waals surface area (Å²) >= 11 is 5.14. The molecule has 1 atom stereocenters. The third kappa shape index (κ3) is 5.94. The minimum Gasteiger partial charge on any atom is -0.364 e. The number of carbonyl (C=O) groups is 1. The summed E-state index contributed by atoms with van der Waals surface area (Å²) in [5, 5.41) is 0. The van der Waals surface area contributed by atoms with Crippen molar-refractivity contribution >= 4 is 26.0 Å². The average molecular weight is 421 g/mol. The van der Waals surface area contributed by atoms with E-state index in [1.165, 1.54) is 13.3 Å². The van der Waals surface area contributed by atoms with Crippen molar-refractivity contribution in [3.05, 3.63) is 29.0 Å². The van der Waals surface area contributed by atoms with Crippen molar-refractivity contribution in [3.63, 3.8) is 0 Å². The molecule has 1 heterocycles. The Kier molecular flexibility index (Phi) is 8.79. The van der Waals surface area contributed by atoms with E-state index in [0.717, 1.165) is 4.73 Å². The summed E-state index contributed by atoms with van der Waals surface area (Å²) in [7, 11) is -2.49. The van der Waals surface area contributed by atoms with Crippen LogP contribution in [-0.4, -0.2) is 43.2 Å². The molecule has 0 bridgehead atoms. The molecule has 1 unspecified atom stereocenters. The predicted octanol–water partition coefficient (Wildman–Crippen LogP) is 3.80. The Labute approximate surface area is 165 Å². The van der Waals surface area contributed by atoms with E-state index < -0.39 is 31.4 Å². The fraction of sp³-hybridized carbons (Fsp3) is 0.647. The molecule has 0 radical (unpaired) electrons. The van der Waals surface area contributed by atoms with Crippen LogP contribution < -0.4 is 4.84 Å². The molecule has 0 aliphatic rings. The van der Waals surface area contributed by atoms with Crippen LogP contribution in [0.25, 0.3) is 0 Å². The van der Waals surface area contributed by atoms with Crippen molar-refractivity contribution in [1.82, 2.24) is 4.73 Å². The number of phosphoric acid groups is 1. The fourth-order valence-electron chi connectivity index (χ4n) is 2.28. The number of methoxy groups -OCH3 is 1. The number of ether oxygens (including phenoxy) is 1. The molecule has 1 aromatic rings. The van der Waals surface area contributed by atoms with Crippen LogP contribution in [0.1, 0.15) is 34.6 Å². The van der Waals surface area contributed by atoms with Crippen LogP contribution in [0.3, 0.4) is 0 Å². The third-order valence-corrected chi connectivity index (χ3v) is 5.77. The van der Waals surface area contributed by atoms with Crippen LogP contribution in [0.5, 0.6) is 0 Å². The Balaban J connectivity index is 3.18. The molecule has 0 N–H and O–H groups in total. The highest BCUT2D eigenvalue weighted by Crippen LogP contribution is 2.51. The lowest BCUT2D eigenvalue weighted by molar-refractivity contribution is -0.191. The zero-order chi connectivity index (χ0) is 20.7. The second-order valence-corrected chi connectivity index (χ2v) is 8.67. The lowest BCUT2D eigenvalue weighted by Gasteiger charge is -2.40. The summed E-state index contributed by atoms with van der Waals surface area (Å²) in [5.41, 5.74) is -2.37. The van der Waals surface area contributed by atoms with Crippen molar-refractivity contribution in [2.24, 2.45) is 5.41 Å². The fourth-order valence-corrected chi connectivity index (χ4v) is 3.65. The molecule has 1 rings (SSSR count). The molecule has 0 saturated carbocycles. The van der Waals surface area contributed by atoms with E-state index in [2.05, 4.69) is 0 Å². The van der Waals surface area contributed by atoms with Crippen LogP contribution in [0, 0.1) is 10.1 Å². The van der Waals surface area contributed by atoms with Crippen molar-refractivity contribution in [2.75, 3.05) is 26.9 Å². The maximum atomic E-state index is 13.0. The van der Waals surface area contributed by atoms with Gasteiger partial charge in [-0.15, -0.1) is 0 Å². The third-order valence-electron chi connectivity index (χ3n) is 3.86. The Morgan fingerprint density at radius 3 is 2.19 bits per heavy atom. The van der Waals surface area contributed by atoms with Gasteiger partial charge in [-0.05, 0) is 26.0 Å². The molecule has 8 nitrogen and oxygen atoms in total. The van der Waals surface area contributed by atoms with Crippen molar-refractivity contribution in [3.8, 4) is 0 Å². The summed E-state index contributed by atoms with van der Waals surface area (Å²) < 4.78 is 35.3. The maximum Gasteiger partial charge on any atom is 0.474 e. The van der Waals surface area contributed by atoms with E-state index >= 15 is 0 Å². The van der Waals surface area contributed by atoms with E-state index in [4.69, 9.17) is 35.4 Å². The van der Waals surface area contributed by atoms with E-state index in [0.29, 0.717) is 4.64 Å². The minimum atomic E-state index is -3.85. The summed E-state index contributed by atoms with van der Waals surface area (Å²) in [6, 6.07) is 5.01. The van der Waals surface area contributed by atoms with Gasteiger partial charge in [-0.25, -0.2) is 9.36 Å². The van der Waals surface area contributed by atoms with Gasteiger partial charge in [0.15, 0.2) is 5.60 Å². The molecule has 10 heteroatoms. The summed E-state index contributed by atoms with van der Waals surface area (Å²) in [6.45, 7) is 8.49. The van der Waals surface area contributed by atoms with Gasteiger partial charge in [0.2, 0.25) is 0 Å². The number of phosphoric ester groups is 1. The van der Waals surface area contributed by atoms with Gasteiger partial charge in [-0.1, -0.05) is 39.1 Å². The SMILES string of the molecule is CCOP(=O)(OCC)OCC(OC)(C(=O)On1ccccc1=S)C(C)(C)C. The van der Waals surface area contributed by atoms with Crippen molar-refractivity contribution in [2.45, 2.75) is 40.2 Å². The van der Waals surface area contributed by atoms with Crippen molar-refractivity contribution in [1.29, 1.82) is 0 Å². The van der Waals surface area contributed by atoms with Gasteiger partial charge in [0.1, 0.15) is 4.64 Å². The van der Waals surface area contributed by atoms with Gasteiger partial charge in [-0.2, -0.15) is 4.73 Å². The molecule has 0 amide bonds. The molecule has 0 aliphatic carbocycles. The zero-order valence-corrected chi connectivity index (χ0v) is 18.3. The van der Waals surface area contributed by atoms with Gasteiger partial charge in [0.05, 0.1) is 19.8 Å². The van der Waals surface area contributed by atoms with Crippen LogP contribution in [0.4, 0.5) is 0 Å². The quantitative estimate of drug-likeness (QED) is 0.417. The Bertz CT molecular complexity index is 720. The first kappa shape index (κ1) is 23.9. The molecular formula is C17H28NO7PS. The topological polar surface area (TPSA) is 85.2 Å². The number of rotatable bonds is 10. The number of nitrogens with zero attached hydrogens (tertiary/aromatic N) is 1. The van der Waals surface area contributed by atoms with Gasteiger partial charge in [0, 0.05) is 18.7 Å². The molecule has 1 aromatic heterocycles. The highest BCUT2D eigenvalue weighted by molar-refractivity contribution is 7.71. The first-order valence-electron chi connectivity index (χ1n) is 8.54. The summed E-state index contributed by atoms with van der Waals surface area (Å²) in [4.78, 5) is 18.4. The number of carbonyl (C=O) groups excluding carboxylic acids is 1. The minimum absolute atomic E-state index is 0.121. The van der Waals surface area contributed by atoms with Gasteiger partial charge in [0.25, 0.3) is 0 Å². The average Bonchev–Trinajstić information content (AvgIpc) is 2.57. The molecule has 0 fully saturated rings. The Morgan fingerprint density at radius 1 is 1.15 bits per heavy atom. The Morgan fingerprint density at radius 2 is 1.74 bits per heavy atom. The smallest absolute Gasteiger partial charge is 0.364 e. The van der Waals surface area contributed by atoms with Crippen LogP contribution >= 0.6 is 20.0 Å². The number of hydrogen-bond donors (Lipinski definition) is 0. The van der Waals surface area contributed by atoms with Gasteiger partial charge >= 0.3 is 13.8 Å². The lowest BCUT2D eigenvalue weighted by atomic mass is 9.76. The first-order valence-corrected chi connectivity index (χ1v) is 10.4. The second kappa shape index (κ2) is 9.91. The molecular weight excluding hydrogens is 393 g/mol. The molecule has 27 heavy (non-hydrogen) atoms. The standard InChI is InChI=1S/C17H28NO7PS/c1-7-22-26(20,23-8-2)24-13-17(21-6,16(3,4)5)15(19)25-18-12-10-9-11-14(18)27/h9-12H,7-8,13H2,1-6H3. The molecule has 154 valence electrons. The number of aromatic nitrogens is 1. The molecule has 0 saturated heterocycles. The van der Waals surface area contributed by atoms with Crippen LogP contribution in [-0.2, 0) is 27.7 Å². The zero-order valence-electron chi connectivity index (χ0n) is 16.6. The van der Waals surface area contributed by atoms with E-state index in [1.807, 2.05) is 0 Å². The summed E-state index contributed by atoms with van der Waals surface area (Å²) in [6.07, 6.45) is 1.51. The highest BCUT2D eigenvalue weighted by Gasteiger charge is 2.53. The molecule has 0 aliphatic heterocycles. The lowest BCUT2D eigenvalue weighted by Crippen LogP contribution is -2.58. The molecule has 0 aromatic carbocycles. The second-order valence-electron chi connectivity index (χ2n) is 6.58. The highest BCUT2D eigenvalue weighted by atomic mass is 32.1. The van der Waals surface area contributed by atoms with E-state index in [9.17, 15) is 9.36 Å². The van der Waals surface area contributed by atoms with Gasteiger partial charge in [-0.3, -0.25) is 13.6 Å². The van der Waals surface area contributed by atoms with Gasteiger partial charge < -0.3 is 9.57 Å². The number of pyridine rings is 1. The largest absolute Gasteiger partial charge is 0.474 e. The monoisotopic (exact) mass is 421 g/mol. The predicted molar refractivity (Wildman–Crippen MR) is 103 cm³/mol. The number of hydrogen-bond acceptors (Lipinski definition) is 8. The first-order chi connectivity index (χ1) is 12.5. The Hall–Kier alpha value is -1.09. The van der Waals surface area contributed by atoms with Crippen molar-refractivity contribution < 1.29 is 32.5 Å². The normalized spacial score (nSPS) is 14.6. The van der Waals surface area contributed by atoms with E-state index in [-0.39, 0.29) is 13.2 Å². The van der Waals surface area contributed by atoms with E-state index in [1.54, 1.807) is 52.8 Å². The molecule has 0 spiro atoms. The summed E-state index contributed by atoms with van der Waals surface area (Å²) in [5.74, 6) is -0.751. The van der Waals surface area contributed by atoms with Crippen LogP contribution in [0.15, 0.2) is 24.4 Å². The van der Waals surface area contributed by atoms with Crippen LogP contribution in [0.2, 0.25) is 0 Å². The maximum absolute atomic E-state index is 13.0.